The van der Waals surface area contributed by atoms with Gasteiger partial charge in [-0.1, -0.05) is 19.3 Å². The number of hydrogen-bond acceptors (Lipinski definition) is 6. The van der Waals surface area contributed by atoms with Gasteiger partial charge in [0.25, 0.3) is 5.69 Å². The average molecular weight is 360 g/mol. The molecule has 1 aromatic carbocycles. The zero-order valence-electron chi connectivity index (χ0n) is 15.1. The molecule has 1 saturated carbocycles. The van der Waals surface area contributed by atoms with E-state index in [1.54, 1.807) is 19.1 Å². The number of aliphatic hydroxyl groups is 1. The molecule has 1 aliphatic heterocycles. The van der Waals surface area contributed by atoms with Crippen molar-refractivity contribution in [2.45, 2.75) is 50.8 Å². The quantitative estimate of drug-likeness (QED) is 0.504. The van der Waals surface area contributed by atoms with Crippen molar-refractivity contribution in [1.29, 1.82) is 0 Å². The first-order valence-electron chi connectivity index (χ1n) is 8.92. The van der Waals surface area contributed by atoms with E-state index in [-0.39, 0.29) is 17.3 Å². The number of nitro groups is 1. The topological polar surface area (TPSA) is 92.9 Å². The van der Waals surface area contributed by atoms with Crippen LogP contribution in [0.2, 0.25) is 0 Å². The SMILES string of the molecule is COC(=O)C1=C(c2ccc([N+](=O)[O-])cc2)CN(C2CCCCC2)C1(C)O. The van der Waals surface area contributed by atoms with E-state index in [9.17, 15) is 20.0 Å². The highest BCUT2D eigenvalue weighted by Crippen LogP contribution is 2.42. The maximum atomic E-state index is 12.4. The van der Waals surface area contributed by atoms with Crippen molar-refractivity contribution in [1.82, 2.24) is 4.90 Å². The van der Waals surface area contributed by atoms with Crippen molar-refractivity contribution in [3.63, 3.8) is 0 Å². The minimum absolute atomic E-state index is 0.0112. The molecule has 0 saturated heterocycles. The summed E-state index contributed by atoms with van der Waals surface area (Å²) in [7, 11) is 1.29. The number of nitrogens with zero attached hydrogens (tertiary/aromatic N) is 2. The second-order valence-corrected chi connectivity index (χ2v) is 7.09. The van der Waals surface area contributed by atoms with Gasteiger partial charge >= 0.3 is 5.97 Å². The molecule has 0 bridgehead atoms. The lowest BCUT2D eigenvalue weighted by Crippen LogP contribution is -2.51. The Kier molecular flexibility index (Phi) is 5.11. The highest BCUT2D eigenvalue weighted by Gasteiger charge is 2.48. The van der Waals surface area contributed by atoms with Crippen LogP contribution in [0.1, 0.15) is 44.6 Å². The predicted octanol–water partition coefficient (Wildman–Crippen LogP) is 2.88. The summed E-state index contributed by atoms with van der Waals surface area (Å²) in [6.07, 6.45) is 5.38. The lowest BCUT2D eigenvalue weighted by molar-refractivity contribution is -0.384. The fourth-order valence-electron chi connectivity index (χ4n) is 4.15. The van der Waals surface area contributed by atoms with Gasteiger partial charge in [-0.15, -0.1) is 0 Å². The van der Waals surface area contributed by atoms with E-state index in [1.165, 1.54) is 25.7 Å². The van der Waals surface area contributed by atoms with E-state index in [0.717, 1.165) is 25.7 Å². The lowest BCUT2D eigenvalue weighted by atomic mass is 9.92. The molecular formula is C19H24N2O5. The van der Waals surface area contributed by atoms with Gasteiger partial charge in [0, 0.05) is 24.7 Å². The van der Waals surface area contributed by atoms with E-state index in [1.807, 2.05) is 4.90 Å². The highest BCUT2D eigenvalue weighted by atomic mass is 16.6. The molecule has 0 aromatic heterocycles. The second kappa shape index (κ2) is 7.17. The van der Waals surface area contributed by atoms with Crippen LogP contribution in [0, 0.1) is 10.1 Å². The zero-order valence-corrected chi connectivity index (χ0v) is 15.1. The van der Waals surface area contributed by atoms with Crippen LogP contribution in [0.3, 0.4) is 0 Å². The fraction of sp³-hybridized carbons (Fsp3) is 0.526. The minimum atomic E-state index is -1.42. The molecule has 1 heterocycles. The number of non-ortho nitro benzene ring substituents is 1. The minimum Gasteiger partial charge on any atom is -0.466 e. The van der Waals surface area contributed by atoms with Gasteiger partial charge in [-0.3, -0.25) is 15.0 Å². The fourth-order valence-corrected chi connectivity index (χ4v) is 4.15. The van der Waals surface area contributed by atoms with E-state index in [4.69, 9.17) is 4.74 Å². The summed E-state index contributed by atoms with van der Waals surface area (Å²) in [6, 6.07) is 6.27. The first-order valence-corrected chi connectivity index (χ1v) is 8.92. The largest absolute Gasteiger partial charge is 0.466 e. The van der Waals surface area contributed by atoms with E-state index < -0.39 is 16.6 Å². The van der Waals surface area contributed by atoms with Crippen LogP contribution in [0.4, 0.5) is 5.69 Å². The Morgan fingerprint density at radius 1 is 1.27 bits per heavy atom. The van der Waals surface area contributed by atoms with Crippen molar-refractivity contribution in [3.05, 3.63) is 45.5 Å². The van der Waals surface area contributed by atoms with Crippen LogP contribution < -0.4 is 0 Å². The molecule has 1 aliphatic carbocycles. The third kappa shape index (κ3) is 3.24. The molecule has 0 amide bonds. The summed E-state index contributed by atoms with van der Waals surface area (Å²) in [5.74, 6) is -0.568. The molecule has 3 rings (SSSR count). The summed E-state index contributed by atoms with van der Waals surface area (Å²) in [5, 5.41) is 22.1. The third-order valence-electron chi connectivity index (χ3n) is 5.49. The molecule has 140 valence electrons. The van der Waals surface area contributed by atoms with Crippen LogP contribution in [0.5, 0.6) is 0 Å². The average Bonchev–Trinajstić information content (AvgIpc) is 2.93. The number of carbonyl (C=O) groups is 1. The molecular weight excluding hydrogens is 336 g/mol. The van der Waals surface area contributed by atoms with E-state index in [2.05, 4.69) is 0 Å². The van der Waals surface area contributed by atoms with Crippen LogP contribution in [-0.2, 0) is 9.53 Å². The number of ether oxygens (including phenoxy) is 1. The number of nitro benzene ring substituents is 1. The summed E-state index contributed by atoms with van der Waals surface area (Å²) >= 11 is 0. The molecule has 7 heteroatoms. The van der Waals surface area contributed by atoms with Crippen molar-refractivity contribution in [2.75, 3.05) is 13.7 Å². The Morgan fingerprint density at radius 3 is 2.42 bits per heavy atom. The number of carbonyl (C=O) groups excluding carboxylic acids is 1. The number of benzene rings is 1. The van der Waals surface area contributed by atoms with Crippen LogP contribution in [0.15, 0.2) is 29.8 Å². The second-order valence-electron chi connectivity index (χ2n) is 7.09. The van der Waals surface area contributed by atoms with Gasteiger partial charge < -0.3 is 9.84 Å². The Hall–Kier alpha value is -2.25. The maximum absolute atomic E-state index is 12.4. The van der Waals surface area contributed by atoms with E-state index in [0.29, 0.717) is 17.7 Å². The first-order chi connectivity index (χ1) is 12.4. The van der Waals surface area contributed by atoms with Crippen molar-refractivity contribution >= 4 is 17.2 Å². The standard InChI is InChI=1S/C19H24N2O5/c1-19(23)17(18(22)26-2)16(12-20(19)14-6-4-3-5-7-14)13-8-10-15(11-9-13)21(24)25/h8-11,14,23H,3-7,12H2,1-2H3. The Bertz CT molecular complexity index is 733. The molecule has 7 nitrogen and oxygen atoms in total. The van der Waals surface area contributed by atoms with Crippen LogP contribution >= 0.6 is 0 Å². The molecule has 1 atom stereocenters. The summed E-state index contributed by atoms with van der Waals surface area (Å²) < 4.78 is 4.93. The number of methoxy groups -OCH3 is 1. The molecule has 1 fully saturated rings. The molecule has 1 aromatic rings. The summed E-state index contributed by atoms with van der Waals surface area (Å²) in [6.45, 7) is 2.05. The normalized spacial score (nSPS) is 24.7. The molecule has 26 heavy (non-hydrogen) atoms. The molecule has 1 N–H and O–H groups in total. The van der Waals surface area contributed by atoms with Gasteiger partial charge in [-0.05, 0) is 43.0 Å². The first kappa shape index (κ1) is 18.5. The number of rotatable bonds is 4. The Morgan fingerprint density at radius 2 is 1.88 bits per heavy atom. The molecule has 0 radical (unpaired) electrons. The zero-order chi connectivity index (χ0) is 18.9. The Balaban J connectivity index is 2.00. The van der Waals surface area contributed by atoms with Crippen molar-refractivity contribution in [2.24, 2.45) is 0 Å². The van der Waals surface area contributed by atoms with Gasteiger partial charge in [0.2, 0.25) is 0 Å². The van der Waals surface area contributed by atoms with Gasteiger partial charge in [0.1, 0.15) is 5.72 Å². The highest BCUT2D eigenvalue weighted by molar-refractivity contribution is 6.01. The van der Waals surface area contributed by atoms with Gasteiger partial charge in [-0.25, -0.2) is 4.79 Å². The number of hydrogen-bond donors (Lipinski definition) is 1. The predicted molar refractivity (Wildman–Crippen MR) is 96.2 cm³/mol. The van der Waals surface area contributed by atoms with Gasteiger partial charge in [0.05, 0.1) is 17.6 Å². The van der Waals surface area contributed by atoms with Crippen molar-refractivity contribution in [3.8, 4) is 0 Å². The van der Waals surface area contributed by atoms with Crippen LogP contribution in [0.25, 0.3) is 5.57 Å². The van der Waals surface area contributed by atoms with E-state index >= 15 is 0 Å². The Labute approximate surface area is 152 Å². The molecule has 1 unspecified atom stereocenters. The summed E-state index contributed by atoms with van der Waals surface area (Å²) in [4.78, 5) is 24.8. The van der Waals surface area contributed by atoms with Crippen LogP contribution in [-0.4, -0.2) is 46.3 Å². The molecule has 0 spiro atoms. The lowest BCUT2D eigenvalue weighted by Gasteiger charge is -2.39. The van der Waals surface area contributed by atoms with Gasteiger partial charge in [-0.2, -0.15) is 0 Å². The maximum Gasteiger partial charge on any atom is 0.338 e. The molecule has 2 aliphatic rings. The van der Waals surface area contributed by atoms with Crippen molar-refractivity contribution < 1.29 is 19.6 Å². The number of esters is 1. The third-order valence-corrected chi connectivity index (χ3v) is 5.49. The monoisotopic (exact) mass is 360 g/mol. The summed E-state index contributed by atoms with van der Waals surface area (Å²) in [5.41, 5.74) is 0.144. The van der Waals surface area contributed by atoms with Gasteiger partial charge in [0.15, 0.2) is 0 Å². The smallest absolute Gasteiger partial charge is 0.338 e.